The van der Waals surface area contributed by atoms with E-state index >= 15 is 0 Å². The minimum atomic E-state index is -2.83. The second-order valence-electron chi connectivity index (χ2n) is 2.27. The van der Waals surface area contributed by atoms with Crippen molar-refractivity contribution in [3.63, 3.8) is 0 Å². The van der Waals surface area contributed by atoms with Gasteiger partial charge in [-0.15, -0.1) is 11.6 Å². The fraction of sp³-hybridized carbons (Fsp3) is 0.250. The molecule has 0 radical (unpaired) electrons. The summed E-state index contributed by atoms with van der Waals surface area (Å²) in [5, 5.41) is 0.441. The van der Waals surface area contributed by atoms with Crippen molar-refractivity contribution in [2.24, 2.45) is 0 Å². The van der Waals surface area contributed by atoms with Crippen molar-refractivity contribution >= 4 is 23.2 Å². The molecule has 0 fully saturated rings. The highest BCUT2D eigenvalue weighted by molar-refractivity contribution is 6.32. The normalized spacial score (nSPS) is 10.5. The van der Waals surface area contributed by atoms with Crippen LogP contribution in [0.15, 0.2) is 18.2 Å². The predicted molar refractivity (Wildman–Crippen MR) is 47.6 cm³/mol. The van der Waals surface area contributed by atoms with Gasteiger partial charge < -0.3 is 4.74 Å². The van der Waals surface area contributed by atoms with Crippen molar-refractivity contribution in [2.75, 3.05) is 0 Å². The van der Waals surface area contributed by atoms with Crippen LogP contribution in [0.5, 0.6) is 5.75 Å². The highest BCUT2D eigenvalue weighted by Gasteiger charge is 2.06. The molecule has 0 saturated heterocycles. The van der Waals surface area contributed by atoms with E-state index in [-0.39, 0.29) is 11.6 Å². The number of ether oxygens (including phenoxy) is 1. The van der Waals surface area contributed by atoms with E-state index in [0.717, 1.165) is 0 Å². The number of halogens is 4. The van der Waals surface area contributed by atoms with Crippen LogP contribution < -0.4 is 4.74 Å². The Morgan fingerprint density at radius 2 is 2.08 bits per heavy atom. The average Bonchev–Trinajstić information content (AvgIpc) is 2.07. The van der Waals surface area contributed by atoms with Crippen LogP contribution >= 0.6 is 23.2 Å². The van der Waals surface area contributed by atoms with Crippen molar-refractivity contribution in [3.8, 4) is 5.75 Å². The van der Waals surface area contributed by atoms with Gasteiger partial charge >= 0.3 is 6.61 Å². The van der Waals surface area contributed by atoms with Crippen LogP contribution in [0.4, 0.5) is 8.78 Å². The van der Waals surface area contributed by atoms with Gasteiger partial charge in [-0.1, -0.05) is 11.6 Å². The summed E-state index contributed by atoms with van der Waals surface area (Å²) in [5.41, 5.74) is 0.571. The summed E-state index contributed by atoms with van der Waals surface area (Å²) in [6, 6.07) is 4.23. The summed E-state index contributed by atoms with van der Waals surface area (Å²) < 4.78 is 27.7. The van der Waals surface area contributed by atoms with E-state index in [1.54, 1.807) is 0 Å². The van der Waals surface area contributed by atoms with Crippen LogP contribution in [0.2, 0.25) is 5.02 Å². The quantitative estimate of drug-likeness (QED) is 0.715. The zero-order chi connectivity index (χ0) is 9.84. The number of rotatable bonds is 3. The van der Waals surface area contributed by atoms with Crippen LogP contribution in [-0.4, -0.2) is 6.61 Å². The molecule has 72 valence electrons. The van der Waals surface area contributed by atoms with Gasteiger partial charge in [-0.05, 0) is 23.8 Å². The molecule has 0 N–H and O–H groups in total. The monoisotopic (exact) mass is 226 g/mol. The molecule has 0 aliphatic carbocycles. The number of benzene rings is 1. The van der Waals surface area contributed by atoms with Crippen molar-refractivity contribution in [1.82, 2.24) is 0 Å². The minimum absolute atomic E-state index is 0.0649. The summed E-state index contributed by atoms with van der Waals surface area (Å²) >= 11 is 11.2. The predicted octanol–water partition coefficient (Wildman–Crippen LogP) is 3.68. The fourth-order valence-corrected chi connectivity index (χ4v) is 1.30. The maximum absolute atomic E-state index is 11.8. The van der Waals surface area contributed by atoms with E-state index in [1.165, 1.54) is 18.2 Å². The molecule has 1 nitrogen and oxygen atoms in total. The number of alkyl halides is 3. The maximum Gasteiger partial charge on any atom is 0.387 e. The van der Waals surface area contributed by atoms with Gasteiger partial charge in [0.1, 0.15) is 5.75 Å². The van der Waals surface area contributed by atoms with Gasteiger partial charge in [0, 0.05) is 10.9 Å². The first kappa shape index (κ1) is 10.5. The molecule has 1 aromatic carbocycles. The van der Waals surface area contributed by atoms with E-state index in [1.807, 2.05) is 0 Å². The molecule has 0 amide bonds. The Morgan fingerprint density at radius 3 is 2.62 bits per heavy atom. The van der Waals surface area contributed by atoms with E-state index in [4.69, 9.17) is 23.2 Å². The van der Waals surface area contributed by atoms with Crippen LogP contribution in [0.25, 0.3) is 0 Å². The second-order valence-corrected chi connectivity index (χ2v) is 2.94. The van der Waals surface area contributed by atoms with Crippen molar-refractivity contribution in [2.45, 2.75) is 12.5 Å². The molecule has 5 heteroatoms. The average molecular weight is 227 g/mol. The van der Waals surface area contributed by atoms with E-state index in [0.29, 0.717) is 10.6 Å². The van der Waals surface area contributed by atoms with Crippen molar-refractivity contribution < 1.29 is 13.5 Å². The fourth-order valence-electron chi connectivity index (χ4n) is 0.830. The molecule has 0 bridgehead atoms. The lowest BCUT2D eigenvalue weighted by Gasteiger charge is -2.06. The summed E-state index contributed by atoms with van der Waals surface area (Å²) in [5.74, 6) is 0.231. The molecule has 1 rings (SSSR count). The Bertz CT molecular complexity index is 291. The Morgan fingerprint density at radius 1 is 1.38 bits per heavy atom. The molecule has 0 heterocycles. The van der Waals surface area contributed by atoms with E-state index in [2.05, 4.69) is 4.74 Å². The third kappa shape index (κ3) is 3.01. The molecule has 0 atom stereocenters. The van der Waals surface area contributed by atoms with Gasteiger partial charge in [0.15, 0.2) is 0 Å². The van der Waals surface area contributed by atoms with Gasteiger partial charge in [0.25, 0.3) is 0 Å². The Kier molecular flexibility index (Phi) is 3.75. The lowest BCUT2D eigenvalue weighted by atomic mass is 10.2. The van der Waals surface area contributed by atoms with Crippen LogP contribution in [0.1, 0.15) is 5.56 Å². The SMILES string of the molecule is FC(F)Oc1ccc(Cl)c(CCl)c1. The zero-order valence-electron chi connectivity index (χ0n) is 6.44. The molecular weight excluding hydrogens is 221 g/mol. The molecule has 0 aromatic heterocycles. The first-order valence-electron chi connectivity index (χ1n) is 3.42. The van der Waals surface area contributed by atoms with Gasteiger partial charge in [0.2, 0.25) is 0 Å². The molecule has 0 aliphatic heterocycles. The first-order chi connectivity index (χ1) is 6.13. The van der Waals surface area contributed by atoms with Crippen LogP contribution in [0.3, 0.4) is 0 Å². The van der Waals surface area contributed by atoms with Gasteiger partial charge in [-0.2, -0.15) is 8.78 Å². The largest absolute Gasteiger partial charge is 0.435 e. The highest BCUT2D eigenvalue weighted by atomic mass is 35.5. The number of hydrogen-bond acceptors (Lipinski definition) is 1. The molecule has 1 aromatic rings. The smallest absolute Gasteiger partial charge is 0.387 e. The molecule has 0 aliphatic rings. The third-order valence-electron chi connectivity index (χ3n) is 1.39. The molecule has 13 heavy (non-hydrogen) atoms. The topological polar surface area (TPSA) is 9.23 Å². The van der Waals surface area contributed by atoms with Gasteiger partial charge in [-0.3, -0.25) is 0 Å². The van der Waals surface area contributed by atoms with Crippen LogP contribution in [0, 0.1) is 0 Å². The lowest BCUT2D eigenvalue weighted by molar-refractivity contribution is -0.0498. The highest BCUT2D eigenvalue weighted by Crippen LogP contribution is 2.24. The Balaban J connectivity index is 2.86. The summed E-state index contributed by atoms with van der Waals surface area (Å²) in [4.78, 5) is 0. The first-order valence-corrected chi connectivity index (χ1v) is 4.34. The zero-order valence-corrected chi connectivity index (χ0v) is 7.95. The third-order valence-corrected chi connectivity index (χ3v) is 2.04. The maximum atomic E-state index is 11.8. The number of hydrogen-bond donors (Lipinski definition) is 0. The molecule has 0 saturated carbocycles. The molecule has 0 spiro atoms. The summed E-state index contributed by atoms with van der Waals surface area (Å²) in [6.45, 7) is -2.83. The minimum Gasteiger partial charge on any atom is -0.435 e. The Hall–Kier alpha value is -0.540. The van der Waals surface area contributed by atoms with Crippen molar-refractivity contribution in [1.29, 1.82) is 0 Å². The van der Waals surface area contributed by atoms with E-state index in [9.17, 15) is 8.78 Å². The van der Waals surface area contributed by atoms with Gasteiger partial charge in [0.05, 0.1) is 0 Å². The Labute approximate surface area is 84.2 Å². The molecule has 0 unspecified atom stereocenters. The van der Waals surface area contributed by atoms with Gasteiger partial charge in [-0.25, -0.2) is 0 Å². The standard InChI is InChI=1S/C8H6Cl2F2O/c9-4-5-3-6(13-8(11)12)1-2-7(5)10/h1-3,8H,4H2. The lowest BCUT2D eigenvalue weighted by Crippen LogP contribution is -2.02. The summed E-state index contributed by atoms with van der Waals surface area (Å²) in [6.07, 6.45) is 0. The van der Waals surface area contributed by atoms with Crippen LogP contribution in [-0.2, 0) is 5.88 Å². The van der Waals surface area contributed by atoms with Crippen molar-refractivity contribution in [3.05, 3.63) is 28.8 Å². The second kappa shape index (κ2) is 4.63. The summed E-state index contributed by atoms with van der Waals surface area (Å²) in [7, 11) is 0. The van der Waals surface area contributed by atoms with E-state index < -0.39 is 6.61 Å². The molecular formula is C8H6Cl2F2O.